The number of hydrogen-bond acceptors (Lipinski definition) is 3. The molecule has 1 aliphatic heterocycles. The molecule has 18 heavy (non-hydrogen) atoms. The highest BCUT2D eigenvalue weighted by Crippen LogP contribution is 2.40. The van der Waals surface area contributed by atoms with Gasteiger partial charge in [0.2, 0.25) is 0 Å². The van der Waals surface area contributed by atoms with E-state index in [4.69, 9.17) is 21.1 Å². The zero-order chi connectivity index (χ0) is 12.5. The lowest BCUT2D eigenvalue weighted by molar-refractivity contribution is 0.171. The molecule has 5 heteroatoms. The van der Waals surface area contributed by atoms with Crippen LogP contribution >= 0.6 is 38.9 Å². The molecular formula is C13H10BrClO2S. The molecule has 0 saturated carbocycles. The molecule has 1 unspecified atom stereocenters. The van der Waals surface area contributed by atoms with Crippen LogP contribution in [0, 0.1) is 0 Å². The molecule has 0 bridgehead atoms. The van der Waals surface area contributed by atoms with Crippen molar-refractivity contribution in [1.82, 2.24) is 0 Å². The van der Waals surface area contributed by atoms with Gasteiger partial charge >= 0.3 is 0 Å². The molecule has 3 rings (SSSR count). The van der Waals surface area contributed by atoms with Gasteiger partial charge in [-0.25, -0.2) is 0 Å². The van der Waals surface area contributed by atoms with Crippen molar-refractivity contribution in [3.63, 3.8) is 0 Å². The lowest BCUT2D eigenvalue weighted by Gasteiger charge is -2.20. The van der Waals surface area contributed by atoms with Gasteiger partial charge in [-0.15, -0.1) is 22.9 Å². The fraction of sp³-hybridized carbons (Fsp3) is 0.231. The predicted molar refractivity (Wildman–Crippen MR) is 77.1 cm³/mol. The van der Waals surface area contributed by atoms with Crippen molar-refractivity contribution in [1.29, 1.82) is 0 Å². The first-order valence-corrected chi connectivity index (χ1v) is 7.63. The van der Waals surface area contributed by atoms with Gasteiger partial charge in [0.1, 0.15) is 13.2 Å². The second-order valence-corrected chi connectivity index (χ2v) is 6.14. The van der Waals surface area contributed by atoms with Crippen molar-refractivity contribution >= 4 is 38.9 Å². The molecule has 0 aliphatic carbocycles. The van der Waals surface area contributed by atoms with Crippen LogP contribution in [-0.2, 0) is 0 Å². The third-order valence-electron chi connectivity index (χ3n) is 2.73. The van der Waals surface area contributed by atoms with Gasteiger partial charge < -0.3 is 9.47 Å². The van der Waals surface area contributed by atoms with E-state index >= 15 is 0 Å². The third-order valence-corrected chi connectivity index (χ3v) is 5.27. The van der Waals surface area contributed by atoms with Gasteiger partial charge in [-0.05, 0) is 45.1 Å². The number of rotatable bonds is 2. The monoisotopic (exact) mass is 344 g/mol. The van der Waals surface area contributed by atoms with E-state index in [1.54, 1.807) is 11.3 Å². The number of alkyl halides is 1. The van der Waals surface area contributed by atoms with Crippen LogP contribution in [0.3, 0.4) is 0 Å². The van der Waals surface area contributed by atoms with E-state index in [0.717, 1.165) is 26.4 Å². The summed E-state index contributed by atoms with van der Waals surface area (Å²) < 4.78 is 12.1. The van der Waals surface area contributed by atoms with Crippen molar-refractivity contribution in [3.05, 3.63) is 44.6 Å². The highest BCUT2D eigenvalue weighted by atomic mass is 79.9. The van der Waals surface area contributed by atoms with Crippen LogP contribution in [0.15, 0.2) is 34.1 Å². The average Bonchev–Trinajstić information content (AvgIpc) is 2.83. The highest BCUT2D eigenvalue weighted by molar-refractivity contribution is 9.10. The summed E-state index contributed by atoms with van der Waals surface area (Å²) in [6.45, 7) is 1.19. The average molecular weight is 346 g/mol. The van der Waals surface area contributed by atoms with Gasteiger partial charge in [0.05, 0.1) is 5.38 Å². The summed E-state index contributed by atoms with van der Waals surface area (Å²) in [5, 5.41) is 1.85. The summed E-state index contributed by atoms with van der Waals surface area (Å²) in [4.78, 5) is 1.10. The van der Waals surface area contributed by atoms with Gasteiger partial charge in [0, 0.05) is 9.35 Å². The lowest BCUT2D eigenvalue weighted by atomic mass is 10.1. The Morgan fingerprint density at radius 2 is 1.94 bits per heavy atom. The Balaban J connectivity index is 1.95. The van der Waals surface area contributed by atoms with Gasteiger partial charge in [0.15, 0.2) is 11.5 Å². The van der Waals surface area contributed by atoms with Crippen LogP contribution < -0.4 is 9.47 Å². The molecular weight excluding hydrogens is 336 g/mol. The third kappa shape index (κ3) is 2.25. The van der Waals surface area contributed by atoms with Crippen LogP contribution in [0.1, 0.15) is 15.8 Å². The van der Waals surface area contributed by atoms with E-state index in [-0.39, 0.29) is 5.38 Å². The topological polar surface area (TPSA) is 18.5 Å². The minimum atomic E-state index is -0.171. The summed E-state index contributed by atoms with van der Waals surface area (Å²) in [6, 6.07) is 7.86. The van der Waals surface area contributed by atoms with Crippen LogP contribution in [0.25, 0.3) is 0 Å². The van der Waals surface area contributed by atoms with E-state index in [9.17, 15) is 0 Å². The Morgan fingerprint density at radius 3 is 2.67 bits per heavy atom. The summed E-state index contributed by atoms with van der Waals surface area (Å²) in [5.41, 5.74) is 1.02. The van der Waals surface area contributed by atoms with Crippen molar-refractivity contribution in [2.75, 3.05) is 13.2 Å². The lowest BCUT2D eigenvalue weighted by Crippen LogP contribution is -2.15. The van der Waals surface area contributed by atoms with Crippen LogP contribution in [0.4, 0.5) is 0 Å². The summed E-state index contributed by atoms with van der Waals surface area (Å²) >= 11 is 11.7. The Morgan fingerprint density at radius 1 is 1.17 bits per heavy atom. The molecule has 0 spiro atoms. The minimum Gasteiger partial charge on any atom is -0.486 e. The molecule has 1 aromatic carbocycles. The molecule has 0 N–H and O–H groups in total. The first-order valence-electron chi connectivity index (χ1n) is 5.52. The molecule has 0 amide bonds. The molecule has 2 nitrogen and oxygen atoms in total. The molecule has 1 aliphatic rings. The van der Waals surface area contributed by atoms with Crippen LogP contribution in [0.5, 0.6) is 11.5 Å². The molecule has 1 atom stereocenters. The number of hydrogen-bond donors (Lipinski definition) is 0. The van der Waals surface area contributed by atoms with E-state index in [1.807, 2.05) is 29.6 Å². The Bertz CT molecular complexity index is 570. The normalized spacial score (nSPS) is 15.4. The van der Waals surface area contributed by atoms with Crippen molar-refractivity contribution in [2.45, 2.75) is 5.38 Å². The van der Waals surface area contributed by atoms with Gasteiger partial charge in [0.25, 0.3) is 0 Å². The molecule has 94 valence electrons. The van der Waals surface area contributed by atoms with E-state index in [0.29, 0.717) is 13.2 Å². The smallest absolute Gasteiger partial charge is 0.161 e. The summed E-state index contributed by atoms with van der Waals surface area (Å²) in [7, 11) is 0. The maximum Gasteiger partial charge on any atom is 0.161 e. The van der Waals surface area contributed by atoms with Gasteiger partial charge in [-0.1, -0.05) is 6.07 Å². The van der Waals surface area contributed by atoms with E-state index in [2.05, 4.69) is 15.9 Å². The maximum absolute atomic E-state index is 6.50. The maximum atomic E-state index is 6.50. The Labute approximate surface area is 123 Å². The molecule has 2 aromatic rings. The van der Waals surface area contributed by atoms with Crippen LogP contribution in [0.2, 0.25) is 0 Å². The molecule has 2 heterocycles. The minimum absolute atomic E-state index is 0.171. The van der Waals surface area contributed by atoms with Gasteiger partial charge in [-0.3, -0.25) is 0 Å². The molecule has 0 fully saturated rings. The summed E-state index contributed by atoms with van der Waals surface area (Å²) in [5.74, 6) is 1.57. The Hall–Kier alpha value is -0.710. The fourth-order valence-electron chi connectivity index (χ4n) is 1.86. The Kier molecular flexibility index (Phi) is 3.50. The molecule has 1 aromatic heterocycles. The number of fused-ring (bicyclic) bond motifs is 1. The number of ether oxygens (including phenoxy) is 2. The zero-order valence-corrected chi connectivity index (χ0v) is 12.5. The first kappa shape index (κ1) is 12.3. The number of halogens is 2. The van der Waals surface area contributed by atoms with Crippen molar-refractivity contribution < 1.29 is 9.47 Å². The summed E-state index contributed by atoms with van der Waals surface area (Å²) in [6.07, 6.45) is 0. The molecule has 0 radical (unpaired) electrons. The SMILES string of the molecule is ClC(c1ccc2c(c1)OCCO2)c1sccc1Br. The predicted octanol–water partition coefficient (Wildman–Crippen LogP) is 4.61. The second-order valence-electron chi connectivity index (χ2n) is 3.90. The van der Waals surface area contributed by atoms with E-state index in [1.165, 1.54) is 0 Å². The van der Waals surface area contributed by atoms with E-state index < -0.39 is 0 Å². The number of thiophene rings is 1. The van der Waals surface area contributed by atoms with Crippen LogP contribution in [-0.4, -0.2) is 13.2 Å². The van der Waals surface area contributed by atoms with Gasteiger partial charge in [-0.2, -0.15) is 0 Å². The number of benzene rings is 1. The quantitative estimate of drug-likeness (QED) is 0.740. The molecule has 0 saturated heterocycles. The standard InChI is InChI=1S/C13H10BrClO2S/c14-9-3-6-18-13(9)12(15)8-1-2-10-11(7-8)17-5-4-16-10/h1-3,6-7,12H,4-5H2. The van der Waals surface area contributed by atoms with Crippen molar-refractivity contribution in [3.8, 4) is 11.5 Å². The second kappa shape index (κ2) is 5.11. The highest BCUT2D eigenvalue weighted by Gasteiger charge is 2.19. The largest absolute Gasteiger partial charge is 0.486 e. The first-order chi connectivity index (χ1) is 8.75. The zero-order valence-electron chi connectivity index (χ0n) is 9.36. The fourth-order valence-corrected chi connectivity index (χ4v) is 4.00. The van der Waals surface area contributed by atoms with Crippen molar-refractivity contribution in [2.24, 2.45) is 0 Å².